The summed E-state index contributed by atoms with van der Waals surface area (Å²) in [5.41, 5.74) is 3.07. The predicted molar refractivity (Wildman–Crippen MR) is 101 cm³/mol. The van der Waals surface area contributed by atoms with E-state index in [0.29, 0.717) is 29.8 Å². The van der Waals surface area contributed by atoms with Crippen LogP contribution >= 0.6 is 0 Å². The second-order valence-corrected chi connectivity index (χ2v) is 6.75. The molecule has 6 heteroatoms. The lowest BCUT2D eigenvalue weighted by molar-refractivity contribution is 0.0924. The highest BCUT2D eigenvalue weighted by molar-refractivity contribution is 5.94. The monoisotopic (exact) mass is 380 g/mol. The van der Waals surface area contributed by atoms with Gasteiger partial charge in [0.1, 0.15) is 17.4 Å². The number of halogens is 2. The molecule has 1 aromatic heterocycles. The van der Waals surface area contributed by atoms with Gasteiger partial charge in [0.2, 0.25) is 0 Å². The Morgan fingerprint density at radius 1 is 1.14 bits per heavy atom. The Hall–Kier alpha value is -3.28. The molecule has 4 nitrogen and oxygen atoms in total. The number of hydrogen-bond donors (Lipinski definition) is 1. The normalized spacial score (nSPS) is 15.5. The molecule has 1 amide bonds. The molecule has 1 unspecified atom stereocenters. The van der Waals surface area contributed by atoms with Crippen LogP contribution in [0, 0.1) is 18.6 Å². The van der Waals surface area contributed by atoms with Gasteiger partial charge in [-0.2, -0.15) is 0 Å². The first-order chi connectivity index (χ1) is 13.5. The molecule has 1 aliphatic rings. The molecule has 4 rings (SSSR count). The maximum atomic E-state index is 13.4. The zero-order chi connectivity index (χ0) is 19.7. The highest BCUT2D eigenvalue weighted by Gasteiger charge is 2.24. The van der Waals surface area contributed by atoms with E-state index in [0.717, 1.165) is 22.9 Å². The van der Waals surface area contributed by atoms with Crippen LogP contribution in [0.1, 0.15) is 33.9 Å². The topological polar surface area (TPSA) is 51.2 Å². The first-order valence-electron chi connectivity index (χ1n) is 8.97. The molecule has 0 bridgehead atoms. The molecular weight excluding hydrogens is 362 g/mol. The number of nitrogens with one attached hydrogen (secondary N) is 1. The molecule has 2 aromatic carbocycles. The van der Waals surface area contributed by atoms with Gasteiger partial charge in [-0.25, -0.2) is 8.78 Å². The van der Waals surface area contributed by atoms with Crippen molar-refractivity contribution in [2.45, 2.75) is 19.4 Å². The molecule has 1 aliphatic heterocycles. The van der Waals surface area contributed by atoms with Crippen molar-refractivity contribution in [2.24, 2.45) is 0 Å². The van der Waals surface area contributed by atoms with Gasteiger partial charge in [0.25, 0.3) is 5.91 Å². The van der Waals surface area contributed by atoms with Crippen LogP contribution in [-0.4, -0.2) is 17.5 Å². The summed E-state index contributed by atoms with van der Waals surface area (Å²) < 4.78 is 32.5. The van der Waals surface area contributed by atoms with Gasteiger partial charge in [-0.1, -0.05) is 18.2 Å². The van der Waals surface area contributed by atoms with Crippen LogP contribution in [0.5, 0.6) is 5.75 Å². The maximum absolute atomic E-state index is 13.4. The first kappa shape index (κ1) is 18.1. The lowest BCUT2D eigenvalue weighted by atomic mass is 9.97. The average Bonchev–Trinajstić information content (AvgIpc) is 2.68. The van der Waals surface area contributed by atoms with Crippen molar-refractivity contribution in [2.75, 3.05) is 6.61 Å². The zero-order valence-corrected chi connectivity index (χ0v) is 15.2. The second-order valence-electron chi connectivity index (χ2n) is 6.75. The van der Waals surface area contributed by atoms with Crippen molar-refractivity contribution in [3.05, 3.63) is 83.1 Å². The van der Waals surface area contributed by atoms with E-state index < -0.39 is 11.6 Å². The molecule has 1 atom stereocenters. The van der Waals surface area contributed by atoms with Gasteiger partial charge < -0.3 is 10.1 Å². The third kappa shape index (κ3) is 3.58. The quantitative estimate of drug-likeness (QED) is 0.723. The van der Waals surface area contributed by atoms with Crippen LogP contribution in [0.3, 0.4) is 0 Å². The van der Waals surface area contributed by atoms with E-state index in [-0.39, 0.29) is 11.9 Å². The minimum atomic E-state index is -0.674. The third-order valence-corrected chi connectivity index (χ3v) is 4.76. The van der Waals surface area contributed by atoms with Crippen LogP contribution in [0.25, 0.3) is 11.3 Å². The number of aryl methyl sites for hydroxylation is 1. The third-order valence-electron chi connectivity index (χ3n) is 4.76. The number of nitrogens with zero attached hydrogens (tertiary/aromatic N) is 1. The van der Waals surface area contributed by atoms with Gasteiger partial charge >= 0.3 is 0 Å². The van der Waals surface area contributed by atoms with Gasteiger partial charge in [-0.3, -0.25) is 9.78 Å². The Kier molecular flexibility index (Phi) is 4.77. The van der Waals surface area contributed by atoms with E-state index in [1.54, 1.807) is 12.1 Å². The Bertz CT molecular complexity index is 1010. The summed E-state index contributed by atoms with van der Waals surface area (Å²) in [7, 11) is 0. The lowest BCUT2D eigenvalue weighted by Crippen LogP contribution is -2.32. The smallest absolute Gasteiger partial charge is 0.253 e. The number of pyridine rings is 1. The highest BCUT2D eigenvalue weighted by Crippen LogP contribution is 2.34. The van der Waals surface area contributed by atoms with Gasteiger partial charge in [0, 0.05) is 29.8 Å². The highest BCUT2D eigenvalue weighted by atomic mass is 19.1. The molecule has 3 aromatic rings. The van der Waals surface area contributed by atoms with E-state index in [9.17, 15) is 13.6 Å². The summed E-state index contributed by atoms with van der Waals surface area (Å²) in [4.78, 5) is 16.8. The molecule has 28 heavy (non-hydrogen) atoms. The molecule has 0 radical (unpaired) electrons. The van der Waals surface area contributed by atoms with E-state index in [2.05, 4.69) is 10.3 Å². The number of carbonyl (C=O) groups is 1. The van der Waals surface area contributed by atoms with Gasteiger partial charge in [-0.15, -0.1) is 0 Å². The Morgan fingerprint density at radius 3 is 2.64 bits per heavy atom. The fourth-order valence-corrected chi connectivity index (χ4v) is 3.37. The van der Waals surface area contributed by atoms with Crippen LogP contribution in [0.15, 0.2) is 54.7 Å². The van der Waals surface area contributed by atoms with E-state index in [1.807, 2.05) is 25.1 Å². The minimum absolute atomic E-state index is 0.145. The molecule has 2 heterocycles. The van der Waals surface area contributed by atoms with Crippen molar-refractivity contribution in [1.29, 1.82) is 0 Å². The summed E-state index contributed by atoms with van der Waals surface area (Å²) in [5.74, 6) is -0.788. The molecule has 0 saturated carbocycles. The number of fused-ring (bicyclic) bond motifs is 1. The summed E-state index contributed by atoms with van der Waals surface area (Å²) in [6.07, 6.45) is 2.08. The van der Waals surface area contributed by atoms with Gasteiger partial charge in [0.05, 0.1) is 23.9 Å². The average molecular weight is 380 g/mol. The standard InChI is InChI=1S/C22H18F2N2O2/c1-13-3-2-4-18-20(7-8-28-21(13)18)26-22(27)14-5-6-19(25-12-14)15-9-16(23)11-17(24)10-15/h2-6,9-12,20H,7-8H2,1H3,(H,26,27). The van der Waals surface area contributed by atoms with Crippen molar-refractivity contribution in [3.63, 3.8) is 0 Å². The van der Waals surface area contributed by atoms with Crippen LogP contribution in [0.4, 0.5) is 8.78 Å². The van der Waals surface area contributed by atoms with Crippen LogP contribution in [0.2, 0.25) is 0 Å². The lowest BCUT2D eigenvalue weighted by Gasteiger charge is -2.27. The number of carbonyl (C=O) groups excluding carboxylic acids is 1. The SMILES string of the molecule is Cc1cccc2c1OCCC2NC(=O)c1ccc(-c2cc(F)cc(F)c2)nc1. The number of benzene rings is 2. The minimum Gasteiger partial charge on any atom is -0.493 e. The summed E-state index contributed by atoms with van der Waals surface area (Å²) >= 11 is 0. The molecule has 142 valence electrons. The Balaban J connectivity index is 1.53. The summed E-state index contributed by atoms with van der Waals surface area (Å²) in [6.45, 7) is 2.51. The molecular formula is C22H18F2N2O2. The summed E-state index contributed by atoms with van der Waals surface area (Å²) in [6, 6.07) is 12.1. The number of amides is 1. The van der Waals surface area contributed by atoms with Crippen molar-refractivity contribution < 1.29 is 18.3 Å². The van der Waals surface area contributed by atoms with Crippen LogP contribution in [-0.2, 0) is 0 Å². The Morgan fingerprint density at radius 2 is 1.93 bits per heavy atom. The first-order valence-corrected chi connectivity index (χ1v) is 8.97. The van der Waals surface area contributed by atoms with Gasteiger partial charge in [-0.05, 0) is 36.8 Å². The second kappa shape index (κ2) is 7.38. The van der Waals surface area contributed by atoms with Crippen molar-refractivity contribution in [3.8, 4) is 17.0 Å². The fourth-order valence-electron chi connectivity index (χ4n) is 3.37. The molecule has 0 aliphatic carbocycles. The summed E-state index contributed by atoms with van der Waals surface area (Å²) in [5, 5.41) is 3.02. The predicted octanol–water partition coefficient (Wildman–Crippen LogP) is 4.59. The molecule has 0 fully saturated rings. The fraction of sp³-hybridized carbons (Fsp3) is 0.182. The van der Waals surface area contributed by atoms with E-state index >= 15 is 0 Å². The Labute approximate surface area is 161 Å². The van der Waals surface area contributed by atoms with Gasteiger partial charge in [0.15, 0.2) is 0 Å². The molecule has 0 saturated heterocycles. The number of ether oxygens (including phenoxy) is 1. The number of aromatic nitrogens is 1. The van der Waals surface area contributed by atoms with E-state index in [4.69, 9.17) is 4.74 Å². The van der Waals surface area contributed by atoms with Crippen molar-refractivity contribution >= 4 is 5.91 Å². The number of hydrogen-bond acceptors (Lipinski definition) is 3. The van der Waals surface area contributed by atoms with E-state index in [1.165, 1.54) is 18.3 Å². The molecule has 1 N–H and O–H groups in total. The molecule has 0 spiro atoms. The van der Waals surface area contributed by atoms with Crippen molar-refractivity contribution in [1.82, 2.24) is 10.3 Å². The van der Waals surface area contributed by atoms with Crippen LogP contribution < -0.4 is 10.1 Å². The zero-order valence-electron chi connectivity index (χ0n) is 15.2. The number of para-hydroxylation sites is 1. The largest absolute Gasteiger partial charge is 0.493 e. The number of rotatable bonds is 3. The maximum Gasteiger partial charge on any atom is 0.253 e.